The molecule has 0 aliphatic heterocycles. The molecule has 0 spiro atoms. The molecule has 0 fully saturated rings. The molecule has 1 heterocycles. The maximum atomic E-state index is 12.2. The van der Waals surface area contributed by atoms with Crippen LogP contribution in [0.1, 0.15) is 31.7 Å². The van der Waals surface area contributed by atoms with Crippen molar-refractivity contribution in [3.05, 3.63) is 35.7 Å². The zero-order valence-electron chi connectivity index (χ0n) is 12.5. The lowest BCUT2D eigenvalue weighted by Crippen LogP contribution is -2.22. The van der Waals surface area contributed by atoms with Gasteiger partial charge in [-0.1, -0.05) is 36.9 Å². The highest BCUT2D eigenvalue weighted by Crippen LogP contribution is 2.21. The first-order valence-electron chi connectivity index (χ1n) is 7.04. The van der Waals surface area contributed by atoms with Crippen LogP contribution < -0.4 is 5.32 Å². The highest BCUT2D eigenvalue weighted by molar-refractivity contribution is 8.00. The summed E-state index contributed by atoms with van der Waals surface area (Å²) < 4.78 is 0. The maximum absolute atomic E-state index is 12.2. The zero-order chi connectivity index (χ0) is 15.2. The molecular weight excluding hydrogens is 284 g/mol. The molecule has 1 aromatic carbocycles. The fourth-order valence-corrected chi connectivity index (χ4v) is 2.58. The van der Waals surface area contributed by atoms with Gasteiger partial charge >= 0.3 is 0 Å². The molecule has 0 radical (unpaired) electrons. The van der Waals surface area contributed by atoms with Gasteiger partial charge < -0.3 is 5.32 Å². The van der Waals surface area contributed by atoms with Crippen molar-refractivity contribution in [2.45, 2.75) is 44.0 Å². The van der Waals surface area contributed by atoms with Gasteiger partial charge in [0.05, 0.1) is 5.25 Å². The van der Waals surface area contributed by atoms with E-state index in [0.717, 1.165) is 29.9 Å². The van der Waals surface area contributed by atoms with Gasteiger partial charge in [0.25, 0.3) is 0 Å². The van der Waals surface area contributed by atoms with E-state index in [1.165, 1.54) is 11.8 Å². The summed E-state index contributed by atoms with van der Waals surface area (Å²) in [5.41, 5.74) is 1.89. The monoisotopic (exact) mass is 304 g/mol. The lowest BCUT2D eigenvalue weighted by Gasteiger charge is -2.11. The van der Waals surface area contributed by atoms with Gasteiger partial charge in [-0.2, -0.15) is 0 Å². The number of hydrogen-bond donors (Lipinski definition) is 2. The highest BCUT2D eigenvalue weighted by atomic mass is 32.2. The number of carbonyl (C=O) groups excluding carboxylic acids is 1. The maximum Gasteiger partial charge on any atom is 0.237 e. The zero-order valence-corrected chi connectivity index (χ0v) is 13.3. The van der Waals surface area contributed by atoms with Gasteiger partial charge in [0.1, 0.15) is 5.82 Å². The Morgan fingerprint density at radius 1 is 1.43 bits per heavy atom. The van der Waals surface area contributed by atoms with E-state index in [9.17, 15) is 4.79 Å². The predicted octanol–water partition coefficient (Wildman–Crippen LogP) is 3.18. The molecule has 2 N–H and O–H groups in total. The van der Waals surface area contributed by atoms with E-state index < -0.39 is 0 Å². The molecule has 0 saturated carbocycles. The van der Waals surface area contributed by atoms with Crippen molar-refractivity contribution in [3.8, 4) is 0 Å². The summed E-state index contributed by atoms with van der Waals surface area (Å²) >= 11 is 1.36. The van der Waals surface area contributed by atoms with Crippen LogP contribution >= 0.6 is 11.8 Å². The molecule has 0 aliphatic carbocycles. The second kappa shape index (κ2) is 7.26. The lowest BCUT2D eigenvalue weighted by molar-refractivity contribution is -0.115. The lowest BCUT2D eigenvalue weighted by atomic mass is 10.2. The number of H-pyrrole nitrogens is 1. The van der Waals surface area contributed by atoms with Crippen LogP contribution in [0.15, 0.2) is 29.4 Å². The normalized spacial score (nSPS) is 12.1. The van der Waals surface area contributed by atoms with Crippen LogP contribution in [0, 0.1) is 6.92 Å². The van der Waals surface area contributed by atoms with Crippen molar-refractivity contribution < 1.29 is 4.79 Å². The smallest absolute Gasteiger partial charge is 0.237 e. The fraction of sp³-hybridized carbons (Fsp3) is 0.400. The first-order valence-corrected chi connectivity index (χ1v) is 7.92. The molecule has 112 valence electrons. The van der Waals surface area contributed by atoms with Crippen LogP contribution in [-0.4, -0.2) is 26.3 Å². The SMILES string of the molecule is CCCc1nc(SC(C)C(=O)Nc2ccccc2C)n[nH]1. The Labute approximate surface area is 128 Å². The van der Waals surface area contributed by atoms with Crippen LogP contribution in [0.3, 0.4) is 0 Å². The topological polar surface area (TPSA) is 70.7 Å². The van der Waals surface area contributed by atoms with Gasteiger partial charge in [-0.3, -0.25) is 9.89 Å². The van der Waals surface area contributed by atoms with Crippen LogP contribution in [0.4, 0.5) is 5.69 Å². The largest absolute Gasteiger partial charge is 0.325 e. The molecule has 0 saturated heterocycles. The fourth-order valence-electron chi connectivity index (χ4n) is 1.84. The Morgan fingerprint density at radius 3 is 2.90 bits per heavy atom. The molecular formula is C15H20N4OS. The third kappa shape index (κ3) is 4.32. The summed E-state index contributed by atoms with van der Waals surface area (Å²) in [5, 5.41) is 10.3. The summed E-state index contributed by atoms with van der Waals surface area (Å²) in [6.07, 6.45) is 1.89. The van der Waals surface area contributed by atoms with Gasteiger partial charge in [0.15, 0.2) is 0 Å². The van der Waals surface area contributed by atoms with Crippen molar-refractivity contribution in [1.82, 2.24) is 15.2 Å². The molecule has 5 nitrogen and oxygen atoms in total. The van der Waals surface area contributed by atoms with E-state index in [-0.39, 0.29) is 11.2 Å². The third-order valence-electron chi connectivity index (χ3n) is 3.05. The number of thioether (sulfide) groups is 1. The summed E-state index contributed by atoms with van der Waals surface area (Å²) in [7, 11) is 0. The minimum atomic E-state index is -0.255. The van der Waals surface area contributed by atoms with Crippen molar-refractivity contribution in [2.75, 3.05) is 5.32 Å². The standard InChI is InChI=1S/C15H20N4OS/c1-4-7-13-17-15(19-18-13)21-11(3)14(20)16-12-9-6-5-8-10(12)2/h5-6,8-9,11H,4,7H2,1-3H3,(H,16,20)(H,17,18,19). The highest BCUT2D eigenvalue weighted by Gasteiger charge is 2.17. The van der Waals surface area contributed by atoms with Gasteiger partial charge in [-0.25, -0.2) is 4.98 Å². The molecule has 21 heavy (non-hydrogen) atoms. The number of amides is 1. The number of benzene rings is 1. The first-order chi connectivity index (χ1) is 10.1. The molecule has 2 aromatic rings. The number of aromatic nitrogens is 3. The van der Waals surface area contributed by atoms with Crippen molar-refractivity contribution in [2.24, 2.45) is 0 Å². The van der Waals surface area contributed by atoms with Crippen LogP contribution in [0.25, 0.3) is 0 Å². The summed E-state index contributed by atoms with van der Waals surface area (Å²) in [5.74, 6) is 0.822. The van der Waals surface area contributed by atoms with Crippen molar-refractivity contribution in [3.63, 3.8) is 0 Å². The molecule has 1 unspecified atom stereocenters. The van der Waals surface area contributed by atoms with Crippen LogP contribution in [0.5, 0.6) is 0 Å². The average Bonchev–Trinajstić information content (AvgIpc) is 2.89. The molecule has 0 aliphatic rings. The number of para-hydroxylation sites is 1. The van der Waals surface area contributed by atoms with E-state index in [1.54, 1.807) is 0 Å². The van der Waals surface area contributed by atoms with Gasteiger partial charge in [0.2, 0.25) is 11.1 Å². The summed E-state index contributed by atoms with van der Waals surface area (Å²) in [6, 6.07) is 7.73. The number of hydrogen-bond acceptors (Lipinski definition) is 4. The first kappa shape index (κ1) is 15.6. The minimum absolute atomic E-state index is 0.0452. The van der Waals surface area contributed by atoms with Crippen molar-refractivity contribution >= 4 is 23.4 Å². The Kier molecular flexibility index (Phi) is 5.38. The molecule has 1 atom stereocenters. The third-order valence-corrected chi connectivity index (χ3v) is 4.01. The van der Waals surface area contributed by atoms with Gasteiger partial charge in [-0.05, 0) is 31.9 Å². The van der Waals surface area contributed by atoms with E-state index in [1.807, 2.05) is 38.1 Å². The predicted molar refractivity (Wildman–Crippen MR) is 85.5 cm³/mol. The van der Waals surface area contributed by atoms with Gasteiger partial charge in [-0.15, -0.1) is 5.10 Å². The summed E-state index contributed by atoms with van der Waals surface area (Å²) in [4.78, 5) is 16.6. The molecule has 1 aromatic heterocycles. The molecule has 2 rings (SSSR count). The second-order valence-electron chi connectivity index (χ2n) is 4.88. The number of aryl methyl sites for hydroxylation is 2. The van der Waals surface area contributed by atoms with E-state index in [2.05, 4.69) is 27.4 Å². The van der Waals surface area contributed by atoms with Crippen LogP contribution in [0.2, 0.25) is 0 Å². The van der Waals surface area contributed by atoms with E-state index in [4.69, 9.17) is 0 Å². The number of anilines is 1. The molecule has 6 heteroatoms. The molecule has 1 amide bonds. The van der Waals surface area contributed by atoms with Crippen molar-refractivity contribution in [1.29, 1.82) is 0 Å². The Bertz CT molecular complexity index is 611. The Morgan fingerprint density at radius 2 is 2.19 bits per heavy atom. The number of rotatable bonds is 6. The number of nitrogens with zero attached hydrogens (tertiary/aromatic N) is 2. The quantitative estimate of drug-likeness (QED) is 0.804. The van der Waals surface area contributed by atoms with Gasteiger partial charge in [0, 0.05) is 12.1 Å². The Hall–Kier alpha value is -1.82. The summed E-state index contributed by atoms with van der Waals surface area (Å²) in [6.45, 7) is 5.92. The second-order valence-corrected chi connectivity index (χ2v) is 6.19. The number of aromatic amines is 1. The number of nitrogens with one attached hydrogen (secondary N) is 2. The minimum Gasteiger partial charge on any atom is -0.325 e. The van der Waals surface area contributed by atoms with Crippen LogP contribution in [-0.2, 0) is 11.2 Å². The van der Waals surface area contributed by atoms with E-state index in [0.29, 0.717) is 5.16 Å². The van der Waals surface area contributed by atoms with E-state index >= 15 is 0 Å². The molecule has 0 bridgehead atoms. The average molecular weight is 304 g/mol. The number of carbonyl (C=O) groups is 1. The Balaban J connectivity index is 1.94.